The standard InChI is InChI=1S/C13H19NO3/c1-14-12(13(15)16)8-5-9-17-10-11-6-3-2-4-7-11/h2-4,6-7,12,14H,5,8-10H2,1H3,(H,15,16). The lowest BCUT2D eigenvalue weighted by Gasteiger charge is -2.10. The monoisotopic (exact) mass is 237 g/mol. The molecule has 0 heterocycles. The van der Waals surface area contributed by atoms with Crippen molar-refractivity contribution in [3.63, 3.8) is 0 Å². The molecule has 4 nitrogen and oxygen atoms in total. The Balaban J connectivity index is 2.10. The molecule has 1 aromatic rings. The van der Waals surface area contributed by atoms with E-state index in [9.17, 15) is 4.79 Å². The van der Waals surface area contributed by atoms with Crippen LogP contribution in [0.25, 0.3) is 0 Å². The Morgan fingerprint density at radius 1 is 1.41 bits per heavy atom. The molecule has 94 valence electrons. The lowest BCUT2D eigenvalue weighted by atomic mass is 10.1. The number of likely N-dealkylation sites (N-methyl/N-ethyl adjacent to an activating group) is 1. The quantitative estimate of drug-likeness (QED) is 0.675. The molecule has 0 saturated carbocycles. The summed E-state index contributed by atoms with van der Waals surface area (Å²) in [5.74, 6) is -0.810. The van der Waals surface area contributed by atoms with Crippen molar-refractivity contribution in [1.82, 2.24) is 5.32 Å². The first-order chi connectivity index (χ1) is 8.24. The van der Waals surface area contributed by atoms with Crippen LogP contribution in [-0.4, -0.2) is 30.8 Å². The number of benzene rings is 1. The molecule has 1 atom stereocenters. The maximum atomic E-state index is 10.7. The fraction of sp³-hybridized carbons (Fsp3) is 0.462. The van der Waals surface area contributed by atoms with Crippen molar-refractivity contribution in [2.45, 2.75) is 25.5 Å². The fourth-order valence-corrected chi connectivity index (χ4v) is 1.55. The van der Waals surface area contributed by atoms with Crippen LogP contribution >= 0.6 is 0 Å². The predicted octanol–water partition coefficient (Wildman–Crippen LogP) is 1.66. The van der Waals surface area contributed by atoms with Gasteiger partial charge in [0, 0.05) is 6.61 Å². The van der Waals surface area contributed by atoms with E-state index in [0.717, 1.165) is 12.0 Å². The second-order valence-corrected chi connectivity index (χ2v) is 3.86. The van der Waals surface area contributed by atoms with E-state index in [1.807, 2.05) is 30.3 Å². The van der Waals surface area contributed by atoms with Crippen LogP contribution in [0.4, 0.5) is 0 Å². The highest BCUT2D eigenvalue weighted by molar-refractivity contribution is 5.73. The zero-order valence-electron chi connectivity index (χ0n) is 10.1. The lowest BCUT2D eigenvalue weighted by Crippen LogP contribution is -2.33. The number of hydrogen-bond acceptors (Lipinski definition) is 3. The molecule has 0 spiro atoms. The third kappa shape index (κ3) is 5.47. The van der Waals surface area contributed by atoms with Gasteiger partial charge in [0.15, 0.2) is 0 Å². The third-order valence-corrected chi connectivity index (χ3v) is 2.54. The Kier molecular flexibility index (Phi) is 6.29. The number of carboxylic acid groups (broad SMARTS) is 1. The van der Waals surface area contributed by atoms with Crippen molar-refractivity contribution >= 4 is 5.97 Å². The first-order valence-electron chi connectivity index (χ1n) is 5.75. The summed E-state index contributed by atoms with van der Waals surface area (Å²) in [4.78, 5) is 10.7. The van der Waals surface area contributed by atoms with Crippen molar-refractivity contribution in [2.24, 2.45) is 0 Å². The molecule has 0 aliphatic heterocycles. The number of hydrogen-bond donors (Lipinski definition) is 2. The lowest BCUT2D eigenvalue weighted by molar-refractivity contribution is -0.139. The fourth-order valence-electron chi connectivity index (χ4n) is 1.55. The normalized spacial score (nSPS) is 12.3. The Labute approximate surface area is 102 Å². The van der Waals surface area contributed by atoms with Crippen LogP contribution in [0, 0.1) is 0 Å². The van der Waals surface area contributed by atoms with Gasteiger partial charge >= 0.3 is 5.97 Å². The summed E-state index contributed by atoms with van der Waals surface area (Å²) in [5.41, 5.74) is 1.14. The van der Waals surface area contributed by atoms with Gasteiger partial charge in [0.25, 0.3) is 0 Å². The van der Waals surface area contributed by atoms with Gasteiger partial charge in [-0.25, -0.2) is 0 Å². The van der Waals surface area contributed by atoms with Gasteiger partial charge in [0.1, 0.15) is 6.04 Å². The maximum absolute atomic E-state index is 10.7. The van der Waals surface area contributed by atoms with E-state index >= 15 is 0 Å². The highest BCUT2D eigenvalue weighted by atomic mass is 16.5. The van der Waals surface area contributed by atoms with E-state index in [2.05, 4.69) is 5.32 Å². The number of rotatable bonds is 8. The van der Waals surface area contributed by atoms with E-state index in [0.29, 0.717) is 19.6 Å². The van der Waals surface area contributed by atoms with Crippen LogP contribution in [0.3, 0.4) is 0 Å². The summed E-state index contributed by atoms with van der Waals surface area (Å²) in [6.45, 7) is 1.17. The molecular formula is C13H19NO3. The molecule has 1 rings (SSSR count). The highest BCUT2D eigenvalue weighted by Crippen LogP contribution is 2.03. The van der Waals surface area contributed by atoms with Gasteiger partial charge in [-0.05, 0) is 25.5 Å². The summed E-state index contributed by atoms with van der Waals surface area (Å²) < 4.78 is 5.47. The summed E-state index contributed by atoms with van der Waals surface area (Å²) in [6.07, 6.45) is 1.32. The van der Waals surface area contributed by atoms with E-state index in [1.165, 1.54) is 0 Å². The molecule has 0 aliphatic rings. The molecule has 17 heavy (non-hydrogen) atoms. The summed E-state index contributed by atoms with van der Waals surface area (Å²) in [6, 6.07) is 9.45. The summed E-state index contributed by atoms with van der Waals surface area (Å²) >= 11 is 0. The zero-order valence-corrected chi connectivity index (χ0v) is 10.1. The second-order valence-electron chi connectivity index (χ2n) is 3.86. The van der Waals surface area contributed by atoms with Gasteiger partial charge in [-0.2, -0.15) is 0 Å². The zero-order chi connectivity index (χ0) is 12.5. The minimum absolute atomic E-state index is 0.477. The molecule has 0 aromatic heterocycles. The largest absolute Gasteiger partial charge is 0.480 e. The van der Waals surface area contributed by atoms with Gasteiger partial charge in [0.2, 0.25) is 0 Å². The molecule has 0 aliphatic carbocycles. The SMILES string of the molecule is CNC(CCCOCc1ccccc1)C(=O)O. The number of carboxylic acids is 1. The van der Waals surface area contributed by atoms with E-state index in [4.69, 9.17) is 9.84 Å². The molecular weight excluding hydrogens is 218 g/mol. The van der Waals surface area contributed by atoms with Gasteiger partial charge in [-0.15, -0.1) is 0 Å². The van der Waals surface area contributed by atoms with E-state index in [1.54, 1.807) is 7.05 Å². The van der Waals surface area contributed by atoms with Crippen LogP contribution in [0.1, 0.15) is 18.4 Å². The Bertz CT molecular complexity index is 327. The van der Waals surface area contributed by atoms with Crippen LogP contribution in [0.5, 0.6) is 0 Å². The number of aliphatic carboxylic acids is 1. The van der Waals surface area contributed by atoms with Crippen molar-refractivity contribution in [2.75, 3.05) is 13.7 Å². The number of ether oxygens (including phenoxy) is 1. The first kappa shape index (κ1) is 13.7. The van der Waals surface area contributed by atoms with Gasteiger partial charge in [0.05, 0.1) is 6.61 Å². The van der Waals surface area contributed by atoms with E-state index < -0.39 is 12.0 Å². The van der Waals surface area contributed by atoms with Gasteiger partial charge < -0.3 is 15.2 Å². The molecule has 0 bridgehead atoms. The van der Waals surface area contributed by atoms with Crippen molar-refractivity contribution in [1.29, 1.82) is 0 Å². The molecule has 2 N–H and O–H groups in total. The predicted molar refractivity (Wildman–Crippen MR) is 65.8 cm³/mol. The van der Waals surface area contributed by atoms with Crippen LogP contribution < -0.4 is 5.32 Å². The summed E-state index contributed by atoms with van der Waals surface area (Å²) in [7, 11) is 1.66. The van der Waals surface area contributed by atoms with Crippen LogP contribution in [0.15, 0.2) is 30.3 Å². The van der Waals surface area contributed by atoms with E-state index in [-0.39, 0.29) is 0 Å². The average molecular weight is 237 g/mol. The van der Waals surface area contributed by atoms with Gasteiger partial charge in [-0.1, -0.05) is 30.3 Å². The topological polar surface area (TPSA) is 58.6 Å². The minimum Gasteiger partial charge on any atom is -0.480 e. The van der Waals surface area contributed by atoms with Gasteiger partial charge in [-0.3, -0.25) is 4.79 Å². The summed E-state index contributed by atoms with van der Waals surface area (Å²) in [5, 5.41) is 11.6. The molecule has 4 heteroatoms. The third-order valence-electron chi connectivity index (χ3n) is 2.54. The minimum atomic E-state index is -0.810. The van der Waals surface area contributed by atoms with Crippen molar-refractivity contribution in [3.05, 3.63) is 35.9 Å². The van der Waals surface area contributed by atoms with Crippen molar-refractivity contribution in [3.8, 4) is 0 Å². The number of carbonyl (C=O) groups is 1. The maximum Gasteiger partial charge on any atom is 0.320 e. The molecule has 1 aromatic carbocycles. The smallest absolute Gasteiger partial charge is 0.320 e. The Morgan fingerprint density at radius 2 is 2.12 bits per heavy atom. The van der Waals surface area contributed by atoms with Crippen molar-refractivity contribution < 1.29 is 14.6 Å². The first-order valence-corrected chi connectivity index (χ1v) is 5.75. The Morgan fingerprint density at radius 3 is 2.71 bits per heavy atom. The second kappa shape index (κ2) is 7.81. The van der Waals surface area contributed by atoms with Crippen LogP contribution in [0.2, 0.25) is 0 Å². The molecule has 0 saturated heterocycles. The highest BCUT2D eigenvalue weighted by Gasteiger charge is 2.13. The average Bonchev–Trinajstić information content (AvgIpc) is 2.34. The Hall–Kier alpha value is -1.39. The molecule has 0 radical (unpaired) electrons. The molecule has 0 fully saturated rings. The number of nitrogens with one attached hydrogen (secondary N) is 1. The van der Waals surface area contributed by atoms with Crippen LogP contribution in [-0.2, 0) is 16.1 Å². The molecule has 1 unspecified atom stereocenters. The molecule has 0 amide bonds.